The number of hydrogen-bond donors (Lipinski definition) is 0. The number of amides is 1. The zero-order valence-electron chi connectivity index (χ0n) is 18.6. The third-order valence-electron chi connectivity index (χ3n) is 6.27. The number of aromatic nitrogens is 1. The molecular weight excluding hydrogens is 414 g/mol. The van der Waals surface area contributed by atoms with Crippen LogP contribution in [0.2, 0.25) is 0 Å². The van der Waals surface area contributed by atoms with E-state index in [1.807, 2.05) is 36.4 Å². The van der Waals surface area contributed by atoms with Crippen molar-refractivity contribution in [3.63, 3.8) is 0 Å². The number of rotatable bonds is 4. The third kappa shape index (κ3) is 4.26. The lowest BCUT2D eigenvalue weighted by Crippen LogP contribution is -2.43. The highest BCUT2D eigenvalue weighted by molar-refractivity contribution is 5.98. The number of benzene rings is 2. The predicted molar refractivity (Wildman–Crippen MR) is 126 cm³/mol. The standard InChI is InChI=1S/C26H25N5O2/c1-29-23-15-22(20-5-3-2-4-6-20)25(28-26(23)33-17-24(29)32)21-9-7-19(8-10-21)16-30-11-13-31(18-27)14-12-30/h2-10,15H,11-14,16-17H2,1H3. The van der Waals surface area contributed by atoms with Gasteiger partial charge in [-0.25, -0.2) is 4.98 Å². The Morgan fingerprint density at radius 2 is 1.73 bits per heavy atom. The molecule has 7 heteroatoms. The summed E-state index contributed by atoms with van der Waals surface area (Å²) in [4.78, 5) is 22.8. The van der Waals surface area contributed by atoms with Crippen LogP contribution in [0.15, 0.2) is 60.7 Å². The Morgan fingerprint density at radius 3 is 2.42 bits per heavy atom. The number of nitriles is 1. The molecule has 0 spiro atoms. The van der Waals surface area contributed by atoms with Crippen LogP contribution in [0.3, 0.4) is 0 Å². The van der Waals surface area contributed by atoms with Crippen LogP contribution in [0.5, 0.6) is 5.88 Å². The van der Waals surface area contributed by atoms with Crippen LogP contribution in [-0.4, -0.2) is 60.5 Å². The van der Waals surface area contributed by atoms with Crippen molar-refractivity contribution in [1.82, 2.24) is 14.8 Å². The van der Waals surface area contributed by atoms with Crippen molar-refractivity contribution >= 4 is 11.6 Å². The van der Waals surface area contributed by atoms with E-state index in [1.165, 1.54) is 5.56 Å². The third-order valence-corrected chi connectivity index (χ3v) is 6.27. The van der Waals surface area contributed by atoms with E-state index in [-0.39, 0.29) is 12.5 Å². The highest BCUT2D eigenvalue weighted by atomic mass is 16.5. The number of piperazine rings is 1. The highest BCUT2D eigenvalue weighted by Crippen LogP contribution is 2.39. The maximum Gasteiger partial charge on any atom is 0.264 e. The number of carbonyl (C=O) groups is 1. The molecule has 7 nitrogen and oxygen atoms in total. The molecule has 0 radical (unpaired) electrons. The van der Waals surface area contributed by atoms with Gasteiger partial charge < -0.3 is 14.5 Å². The van der Waals surface area contributed by atoms with Crippen molar-refractivity contribution in [2.45, 2.75) is 6.54 Å². The fourth-order valence-corrected chi connectivity index (χ4v) is 4.28. The molecule has 0 atom stereocenters. The number of ether oxygens (including phenoxy) is 1. The molecular formula is C26H25N5O2. The zero-order chi connectivity index (χ0) is 22.8. The van der Waals surface area contributed by atoms with Crippen LogP contribution in [0.25, 0.3) is 22.4 Å². The van der Waals surface area contributed by atoms with Crippen molar-refractivity contribution in [1.29, 1.82) is 5.26 Å². The fraction of sp³-hybridized carbons (Fsp3) is 0.269. The van der Waals surface area contributed by atoms with Crippen LogP contribution in [0.4, 0.5) is 5.69 Å². The van der Waals surface area contributed by atoms with Crippen molar-refractivity contribution < 1.29 is 9.53 Å². The van der Waals surface area contributed by atoms with Gasteiger partial charge in [-0.05, 0) is 17.2 Å². The van der Waals surface area contributed by atoms with Crippen molar-refractivity contribution in [3.8, 4) is 34.5 Å². The SMILES string of the molecule is CN1C(=O)COc2nc(-c3ccc(CN4CCN(C#N)CC4)cc3)c(-c3ccccc3)cc21. The number of hydrogen-bond acceptors (Lipinski definition) is 6. The molecule has 2 aromatic carbocycles. The maximum atomic E-state index is 12.1. The Balaban J connectivity index is 1.46. The molecule has 0 saturated carbocycles. The Labute approximate surface area is 193 Å². The Kier molecular flexibility index (Phi) is 5.68. The minimum absolute atomic E-state index is 0.00136. The summed E-state index contributed by atoms with van der Waals surface area (Å²) in [6.45, 7) is 4.21. The molecule has 1 fully saturated rings. The predicted octanol–water partition coefficient (Wildman–Crippen LogP) is 3.37. The molecule has 2 aliphatic rings. The molecule has 1 saturated heterocycles. The van der Waals surface area contributed by atoms with E-state index in [4.69, 9.17) is 15.0 Å². The highest BCUT2D eigenvalue weighted by Gasteiger charge is 2.26. The first kappa shape index (κ1) is 21.0. The number of pyridine rings is 1. The van der Waals surface area contributed by atoms with Gasteiger partial charge in [0.15, 0.2) is 12.8 Å². The molecule has 0 bridgehead atoms. The number of carbonyl (C=O) groups excluding carboxylic acids is 1. The first-order chi connectivity index (χ1) is 16.1. The number of anilines is 1. The molecule has 0 N–H and O–H groups in total. The Hall–Kier alpha value is -3.89. The Morgan fingerprint density at radius 1 is 1.00 bits per heavy atom. The molecule has 0 aliphatic carbocycles. The van der Waals surface area contributed by atoms with Gasteiger partial charge in [-0.3, -0.25) is 9.69 Å². The average molecular weight is 440 g/mol. The summed E-state index contributed by atoms with van der Waals surface area (Å²) in [5, 5.41) is 9.04. The van der Waals surface area contributed by atoms with Crippen molar-refractivity contribution in [3.05, 3.63) is 66.2 Å². The molecule has 1 amide bonds. The summed E-state index contributed by atoms with van der Waals surface area (Å²) in [6, 6.07) is 20.5. The van der Waals surface area contributed by atoms with Gasteiger partial charge in [-0.15, -0.1) is 0 Å². The number of fused-ring (bicyclic) bond motifs is 1. The van der Waals surface area contributed by atoms with E-state index >= 15 is 0 Å². The van der Waals surface area contributed by atoms with Gasteiger partial charge in [0.1, 0.15) is 5.69 Å². The van der Waals surface area contributed by atoms with E-state index in [2.05, 4.69) is 35.4 Å². The second-order valence-electron chi connectivity index (χ2n) is 8.38. The lowest BCUT2D eigenvalue weighted by Gasteiger charge is -2.31. The lowest BCUT2D eigenvalue weighted by molar-refractivity contribution is -0.121. The topological polar surface area (TPSA) is 72.7 Å². The van der Waals surface area contributed by atoms with E-state index in [0.717, 1.165) is 55.1 Å². The lowest BCUT2D eigenvalue weighted by atomic mass is 9.97. The second kappa shape index (κ2) is 8.93. The minimum Gasteiger partial charge on any atom is -0.466 e. The van der Waals surface area contributed by atoms with Crippen LogP contribution in [0.1, 0.15) is 5.56 Å². The molecule has 5 rings (SSSR count). The summed E-state index contributed by atoms with van der Waals surface area (Å²) in [7, 11) is 1.76. The monoisotopic (exact) mass is 439 g/mol. The summed E-state index contributed by atoms with van der Waals surface area (Å²) < 4.78 is 5.67. The van der Waals surface area contributed by atoms with E-state index in [1.54, 1.807) is 16.8 Å². The van der Waals surface area contributed by atoms with E-state index in [9.17, 15) is 4.79 Å². The Bertz CT molecular complexity index is 1200. The molecule has 2 aliphatic heterocycles. The van der Waals surface area contributed by atoms with E-state index < -0.39 is 0 Å². The molecule has 33 heavy (non-hydrogen) atoms. The summed E-state index contributed by atoms with van der Waals surface area (Å²) in [5.74, 6) is 0.391. The maximum absolute atomic E-state index is 12.1. The average Bonchev–Trinajstić information content (AvgIpc) is 2.87. The van der Waals surface area contributed by atoms with Gasteiger partial charge >= 0.3 is 0 Å². The quantitative estimate of drug-likeness (QED) is 0.581. The van der Waals surface area contributed by atoms with Crippen LogP contribution < -0.4 is 9.64 Å². The van der Waals surface area contributed by atoms with Gasteiger partial charge in [-0.2, -0.15) is 5.26 Å². The van der Waals surface area contributed by atoms with Crippen molar-refractivity contribution in [2.75, 3.05) is 44.7 Å². The van der Waals surface area contributed by atoms with Crippen LogP contribution in [-0.2, 0) is 11.3 Å². The van der Waals surface area contributed by atoms with Gasteiger partial charge in [0.2, 0.25) is 5.88 Å². The normalized spacial score (nSPS) is 16.2. The second-order valence-corrected chi connectivity index (χ2v) is 8.38. The van der Waals surface area contributed by atoms with Gasteiger partial charge in [-0.1, -0.05) is 54.6 Å². The molecule has 3 aromatic rings. The summed E-state index contributed by atoms with van der Waals surface area (Å²) in [5.41, 5.74) is 5.73. The van der Waals surface area contributed by atoms with Gasteiger partial charge in [0.25, 0.3) is 5.91 Å². The van der Waals surface area contributed by atoms with Crippen LogP contribution in [0, 0.1) is 11.5 Å². The van der Waals surface area contributed by atoms with Gasteiger partial charge in [0.05, 0.1) is 5.69 Å². The summed E-state index contributed by atoms with van der Waals surface area (Å²) in [6.07, 6.45) is 2.23. The molecule has 3 heterocycles. The number of nitrogens with zero attached hydrogens (tertiary/aromatic N) is 5. The number of likely N-dealkylation sites (N-methyl/N-ethyl adjacent to an activating group) is 1. The first-order valence-corrected chi connectivity index (χ1v) is 11.1. The fourth-order valence-electron chi connectivity index (χ4n) is 4.28. The van der Waals surface area contributed by atoms with Gasteiger partial charge in [0, 0.05) is 50.9 Å². The van der Waals surface area contributed by atoms with E-state index in [0.29, 0.717) is 11.6 Å². The summed E-state index contributed by atoms with van der Waals surface area (Å²) >= 11 is 0. The van der Waals surface area contributed by atoms with Crippen LogP contribution >= 0.6 is 0 Å². The van der Waals surface area contributed by atoms with Crippen molar-refractivity contribution in [2.24, 2.45) is 0 Å². The molecule has 1 aromatic heterocycles. The molecule has 166 valence electrons. The zero-order valence-corrected chi connectivity index (χ0v) is 18.6. The molecule has 0 unspecified atom stereocenters. The first-order valence-electron chi connectivity index (χ1n) is 11.1. The minimum atomic E-state index is -0.0870. The largest absolute Gasteiger partial charge is 0.466 e. The smallest absolute Gasteiger partial charge is 0.264 e.